The minimum atomic E-state index is -0.692. The molecule has 180 valence electrons. The lowest BCUT2D eigenvalue weighted by Gasteiger charge is -2.37. The van der Waals surface area contributed by atoms with Gasteiger partial charge in [-0.05, 0) is 71.9 Å². The molecule has 0 spiro atoms. The Labute approximate surface area is 210 Å². The first-order valence-corrected chi connectivity index (χ1v) is 13.2. The Hall–Kier alpha value is -2.99. The second-order valence-corrected chi connectivity index (χ2v) is 9.65. The molecule has 2 aromatic carbocycles. The van der Waals surface area contributed by atoms with E-state index in [-0.39, 0.29) is 18.4 Å². The third-order valence-electron chi connectivity index (χ3n) is 6.80. The van der Waals surface area contributed by atoms with Crippen molar-refractivity contribution in [3.63, 3.8) is 0 Å². The molecule has 0 radical (unpaired) electrons. The highest BCUT2D eigenvalue weighted by Crippen LogP contribution is 2.51. The molecule has 1 aliphatic carbocycles. The van der Waals surface area contributed by atoms with E-state index in [0.717, 1.165) is 48.0 Å². The van der Waals surface area contributed by atoms with Gasteiger partial charge in [-0.1, -0.05) is 62.4 Å². The van der Waals surface area contributed by atoms with Gasteiger partial charge in [0.15, 0.2) is 6.29 Å². The monoisotopic (exact) mass is 486 g/mol. The van der Waals surface area contributed by atoms with Crippen molar-refractivity contribution in [2.75, 3.05) is 0 Å². The van der Waals surface area contributed by atoms with Crippen LogP contribution in [0.4, 0.5) is 0 Å². The van der Waals surface area contributed by atoms with Crippen molar-refractivity contribution in [3.05, 3.63) is 112 Å². The Morgan fingerprint density at radius 3 is 2.40 bits per heavy atom. The van der Waals surface area contributed by atoms with Gasteiger partial charge in [0.1, 0.15) is 11.4 Å². The molecule has 5 heteroatoms. The van der Waals surface area contributed by atoms with E-state index in [2.05, 4.69) is 42.8 Å². The van der Waals surface area contributed by atoms with Gasteiger partial charge in [0.25, 0.3) is 0 Å². The fourth-order valence-electron chi connectivity index (χ4n) is 5.09. The van der Waals surface area contributed by atoms with E-state index in [1.165, 1.54) is 0 Å². The van der Waals surface area contributed by atoms with Crippen molar-refractivity contribution in [2.45, 2.75) is 57.5 Å². The molecule has 4 nitrogen and oxygen atoms in total. The lowest BCUT2D eigenvalue weighted by Crippen LogP contribution is -2.39. The number of rotatable bonds is 7. The maximum Gasteiger partial charge on any atom is 0.343 e. The quantitative estimate of drug-likeness (QED) is 0.325. The summed E-state index contributed by atoms with van der Waals surface area (Å²) in [7, 11) is 0. The Balaban J connectivity index is 1.62. The molecular formula is C30H30O4S. The van der Waals surface area contributed by atoms with E-state index in [9.17, 15) is 4.79 Å². The number of carbonyl (C=O) groups excluding carboxylic acids is 1. The number of thiophene rings is 1. The van der Waals surface area contributed by atoms with Crippen LogP contribution in [0.3, 0.4) is 0 Å². The van der Waals surface area contributed by atoms with Gasteiger partial charge in [-0.2, -0.15) is 11.3 Å². The van der Waals surface area contributed by atoms with Crippen molar-refractivity contribution in [1.82, 2.24) is 0 Å². The minimum Gasteiger partial charge on any atom is -0.423 e. The maximum absolute atomic E-state index is 13.1. The maximum atomic E-state index is 13.1. The van der Waals surface area contributed by atoms with Crippen molar-refractivity contribution < 1.29 is 19.0 Å². The molecule has 35 heavy (non-hydrogen) atoms. The van der Waals surface area contributed by atoms with Crippen LogP contribution in [0.1, 0.15) is 61.0 Å². The summed E-state index contributed by atoms with van der Waals surface area (Å²) >= 11 is 1.66. The van der Waals surface area contributed by atoms with E-state index in [1.807, 2.05) is 42.5 Å². The van der Waals surface area contributed by atoms with Crippen LogP contribution < -0.4 is 0 Å². The molecule has 3 atom stereocenters. The molecule has 1 aromatic heterocycles. The Kier molecular flexibility index (Phi) is 7.00. The van der Waals surface area contributed by atoms with Gasteiger partial charge >= 0.3 is 5.97 Å². The summed E-state index contributed by atoms with van der Waals surface area (Å²) in [5.74, 6) is 0.220. The molecule has 5 rings (SSSR count). The normalized spacial score (nSPS) is 24.3. The van der Waals surface area contributed by atoms with Crippen molar-refractivity contribution in [3.8, 4) is 0 Å². The summed E-state index contributed by atoms with van der Waals surface area (Å²) in [6.45, 7) is 4.22. The highest BCUT2D eigenvalue weighted by atomic mass is 32.1. The Morgan fingerprint density at radius 1 is 1.00 bits per heavy atom. The van der Waals surface area contributed by atoms with E-state index < -0.39 is 5.60 Å². The fraction of sp³-hybridized carbons (Fsp3) is 0.300. The van der Waals surface area contributed by atoms with Crippen LogP contribution in [0, 0.1) is 0 Å². The average Bonchev–Trinajstić information content (AvgIpc) is 3.58. The molecule has 1 fully saturated rings. The number of ether oxygens (including phenoxy) is 3. The average molecular weight is 487 g/mol. The van der Waals surface area contributed by atoms with Crippen LogP contribution in [0.5, 0.6) is 0 Å². The van der Waals surface area contributed by atoms with Crippen LogP contribution in [0.2, 0.25) is 0 Å². The van der Waals surface area contributed by atoms with Crippen LogP contribution in [-0.2, 0) is 19.8 Å². The highest BCUT2D eigenvalue weighted by molar-refractivity contribution is 7.08. The first kappa shape index (κ1) is 23.7. The lowest BCUT2D eigenvalue weighted by molar-refractivity contribution is -0.0840. The summed E-state index contributed by atoms with van der Waals surface area (Å²) in [5, 5.41) is 4.23. The molecule has 1 saturated heterocycles. The summed E-state index contributed by atoms with van der Waals surface area (Å²) in [5.41, 5.74) is 4.12. The SMILES string of the molecule is CC[C@H]1O[C@@H](CC)[C@](C2=CC(OC(=O)c3ccccc3)=C(c3ccccc3)CC2)(c2ccsc2)O1. The molecule has 0 amide bonds. The third-order valence-corrected chi connectivity index (χ3v) is 7.48. The highest BCUT2D eigenvalue weighted by Gasteiger charge is 2.53. The number of carbonyl (C=O) groups is 1. The van der Waals surface area contributed by atoms with Crippen LogP contribution in [0.15, 0.2) is 94.9 Å². The van der Waals surface area contributed by atoms with Gasteiger partial charge < -0.3 is 14.2 Å². The number of benzene rings is 2. The molecule has 0 N–H and O–H groups in total. The molecule has 0 saturated carbocycles. The van der Waals surface area contributed by atoms with E-state index in [4.69, 9.17) is 14.2 Å². The van der Waals surface area contributed by atoms with Gasteiger partial charge in [0.05, 0.1) is 11.7 Å². The van der Waals surface area contributed by atoms with Gasteiger partial charge in [-0.3, -0.25) is 0 Å². The summed E-state index contributed by atoms with van der Waals surface area (Å²) in [4.78, 5) is 13.1. The predicted molar refractivity (Wildman–Crippen MR) is 139 cm³/mol. The lowest BCUT2D eigenvalue weighted by atomic mass is 9.76. The van der Waals surface area contributed by atoms with Gasteiger partial charge in [0.2, 0.25) is 0 Å². The minimum absolute atomic E-state index is 0.113. The standard InChI is InChI=1S/C30H30O4S/c1-3-27-30(24-17-18-35-20-24,34-28(4-2)33-27)23-15-16-25(21-11-7-5-8-12-21)26(19-23)32-29(31)22-13-9-6-10-14-22/h5-14,17-20,27-28H,3-4,15-16H2,1-2H3/t27-,28-,30-/m0/s1. The van der Waals surface area contributed by atoms with E-state index >= 15 is 0 Å². The second-order valence-electron chi connectivity index (χ2n) is 8.87. The number of esters is 1. The molecule has 1 aliphatic heterocycles. The number of hydrogen-bond acceptors (Lipinski definition) is 5. The Bertz CT molecular complexity index is 1210. The van der Waals surface area contributed by atoms with E-state index in [0.29, 0.717) is 11.3 Å². The van der Waals surface area contributed by atoms with Crippen LogP contribution >= 0.6 is 11.3 Å². The fourth-order valence-corrected chi connectivity index (χ4v) is 5.80. The largest absolute Gasteiger partial charge is 0.423 e. The smallest absolute Gasteiger partial charge is 0.343 e. The van der Waals surface area contributed by atoms with Crippen molar-refractivity contribution in [1.29, 1.82) is 0 Å². The zero-order chi connectivity index (χ0) is 24.3. The molecule has 2 aliphatic rings. The third kappa shape index (κ3) is 4.52. The predicted octanol–water partition coefficient (Wildman–Crippen LogP) is 7.49. The topological polar surface area (TPSA) is 44.8 Å². The van der Waals surface area contributed by atoms with Crippen molar-refractivity contribution in [2.24, 2.45) is 0 Å². The molecule has 3 aromatic rings. The molecule has 2 heterocycles. The summed E-state index contributed by atoms with van der Waals surface area (Å²) in [6, 6.07) is 21.4. The number of hydrogen-bond donors (Lipinski definition) is 0. The van der Waals surface area contributed by atoms with Gasteiger partial charge in [-0.15, -0.1) is 0 Å². The van der Waals surface area contributed by atoms with Gasteiger partial charge in [0, 0.05) is 11.1 Å². The van der Waals surface area contributed by atoms with Gasteiger partial charge in [-0.25, -0.2) is 4.79 Å². The molecule has 0 bridgehead atoms. The molecular weight excluding hydrogens is 456 g/mol. The second kappa shape index (κ2) is 10.3. The van der Waals surface area contributed by atoms with Crippen molar-refractivity contribution >= 4 is 22.9 Å². The van der Waals surface area contributed by atoms with Crippen LogP contribution in [0.25, 0.3) is 5.57 Å². The summed E-state index contributed by atoms with van der Waals surface area (Å²) in [6.07, 6.45) is 4.79. The first-order chi connectivity index (χ1) is 17.2. The van der Waals surface area contributed by atoms with E-state index in [1.54, 1.807) is 23.5 Å². The van der Waals surface area contributed by atoms with Crippen LogP contribution in [-0.4, -0.2) is 18.4 Å². The zero-order valence-corrected chi connectivity index (χ0v) is 20.9. The molecule has 0 unspecified atom stereocenters. The Morgan fingerprint density at radius 2 is 1.74 bits per heavy atom. The number of allylic oxidation sites excluding steroid dienone is 2. The first-order valence-electron chi connectivity index (χ1n) is 12.3. The summed E-state index contributed by atoms with van der Waals surface area (Å²) < 4.78 is 19.2. The zero-order valence-electron chi connectivity index (χ0n) is 20.1.